The van der Waals surface area contributed by atoms with E-state index in [4.69, 9.17) is 21.1 Å². The SMILES string of the molecule is COC(=O)C1=CCC2C(=C1)N(C(=O)CCl)C(=O)C2=C(OC)c1ccccc1. The minimum absolute atomic E-state index is 0.295. The van der Waals surface area contributed by atoms with Crippen LogP contribution in [-0.2, 0) is 23.9 Å². The smallest absolute Gasteiger partial charge is 0.337 e. The van der Waals surface area contributed by atoms with Crippen LogP contribution in [0.1, 0.15) is 12.0 Å². The summed E-state index contributed by atoms with van der Waals surface area (Å²) in [5, 5.41) is 0. The maximum atomic E-state index is 13.1. The van der Waals surface area contributed by atoms with Crippen LogP contribution >= 0.6 is 11.6 Å². The molecule has 1 aromatic carbocycles. The summed E-state index contributed by atoms with van der Waals surface area (Å²) in [6, 6.07) is 9.19. The van der Waals surface area contributed by atoms with Crippen molar-refractivity contribution in [2.75, 3.05) is 20.1 Å². The predicted molar refractivity (Wildman–Crippen MR) is 99.2 cm³/mol. The summed E-state index contributed by atoms with van der Waals surface area (Å²) in [7, 11) is 2.76. The molecule has 1 aliphatic heterocycles. The first kappa shape index (κ1) is 18.9. The fourth-order valence-electron chi connectivity index (χ4n) is 3.36. The lowest BCUT2D eigenvalue weighted by molar-refractivity contribution is -0.138. The molecule has 0 N–H and O–H groups in total. The number of hydrogen-bond acceptors (Lipinski definition) is 5. The molecule has 2 amide bonds. The van der Waals surface area contributed by atoms with Gasteiger partial charge in [0.2, 0.25) is 5.91 Å². The minimum atomic E-state index is -0.553. The number of nitrogens with zero attached hydrogens (tertiary/aromatic N) is 1. The number of likely N-dealkylation sites (tertiary alicyclic amines) is 1. The normalized spacial score (nSPS) is 20.5. The molecule has 0 spiro atoms. The van der Waals surface area contributed by atoms with Gasteiger partial charge in [-0.3, -0.25) is 9.59 Å². The van der Waals surface area contributed by atoms with Gasteiger partial charge in [0.15, 0.2) is 0 Å². The Morgan fingerprint density at radius 3 is 2.48 bits per heavy atom. The van der Waals surface area contributed by atoms with Gasteiger partial charge in [0.25, 0.3) is 5.91 Å². The number of methoxy groups -OCH3 is 2. The Labute approximate surface area is 161 Å². The van der Waals surface area contributed by atoms with Crippen molar-refractivity contribution >= 4 is 35.1 Å². The van der Waals surface area contributed by atoms with E-state index in [2.05, 4.69) is 0 Å². The summed E-state index contributed by atoms with van der Waals surface area (Å²) in [6.07, 6.45) is 3.57. The van der Waals surface area contributed by atoms with E-state index in [0.29, 0.717) is 29.0 Å². The molecule has 6 nitrogen and oxygen atoms in total. The fourth-order valence-corrected chi connectivity index (χ4v) is 3.48. The highest BCUT2D eigenvalue weighted by molar-refractivity contribution is 6.30. The zero-order valence-corrected chi connectivity index (χ0v) is 15.7. The molecule has 3 rings (SSSR count). The number of rotatable bonds is 4. The van der Waals surface area contributed by atoms with Crippen LogP contribution in [0.25, 0.3) is 5.76 Å². The third-order valence-electron chi connectivity index (χ3n) is 4.54. The monoisotopic (exact) mass is 387 g/mol. The van der Waals surface area contributed by atoms with Crippen LogP contribution in [0.5, 0.6) is 0 Å². The molecule has 1 atom stereocenters. The van der Waals surface area contributed by atoms with Crippen LogP contribution in [0.3, 0.4) is 0 Å². The van der Waals surface area contributed by atoms with E-state index in [0.717, 1.165) is 10.5 Å². The zero-order valence-electron chi connectivity index (χ0n) is 14.9. The quantitative estimate of drug-likeness (QED) is 0.344. The van der Waals surface area contributed by atoms with Gasteiger partial charge in [-0.2, -0.15) is 0 Å². The molecule has 0 radical (unpaired) electrons. The van der Waals surface area contributed by atoms with E-state index in [9.17, 15) is 14.4 Å². The van der Waals surface area contributed by atoms with Crippen molar-refractivity contribution in [3.63, 3.8) is 0 Å². The molecule has 1 aromatic rings. The number of hydrogen-bond donors (Lipinski definition) is 0. The Kier molecular flexibility index (Phi) is 5.46. The van der Waals surface area contributed by atoms with Crippen LogP contribution < -0.4 is 0 Å². The maximum Gasteiger partial charge on any atom is 0.337 e. The molecule has 2 aliphatic rings. The molecule has 0 aromatic heterocycles. The summed E-state index contributed by atoms with van der Waals surface area (Å²) in [4.78, 5) is 38.4. The molecule has 27 heavy (non-hydrogen) atoms. The molecule has 0 saturated carbocycles. The van der Waals surface area contributed by atoms with Crippen LogP contribution in [0, 0.1) is 5.92 Å². The molecular formula is C20H18ClNO5. The van der Waals surface area contributed by atoms with Crippen LogP contribution in [0.4, 0.5) is 0 Å². The van der Waals surface area contributed by atoms with Crippen LogP contribution in [0.2, 0.25) is 0 Å². The number of carbonyl (C=O) groups is 3. The number of esters is 1. The molecule has 0 bridgehead atoms. The van der Waals surface area contributed by atoms with Crippen molar-refractivity contribution < 1.29 is 23.9 Å². The van der Waals surface area contributed by atoms with Gasteiger partial charge in [-0.05, 0) is 12.5 Å². The zero-order chi connectivity index (χ0) is 19.6. The number of allylic oxidation sites excluding steroid dienone is 2. The largest absolute Gasteiger partial charge is 0.496 e. The summed E-state index contributed by atoms with van der Waals surface area (Å²) in [5.74, 6) is -1.93. The summed E-state index contributed by atoms with van der Waals surface area (Å²) in [6.45, 7) is 0. The number of imide groups is 1. The molecule has 140 valence electrons. The Balaban J connectivity index is 2.17. The van der Waals surface area contributed by atoms with E-state index in [1.54, 1.807) is 6.08 Å². The average Bonchev–Trinajstić information content (AvgIpc) is 2.99. The molecule has 1 aliphatic carbocycles. The molecule has 1 fully saturated rings. The number of carbonyl (C=O) groups excluding carboxylic acids is 3. The van der Waals surface area contributed by atoms with Crippen molar-refractivity contribution in [2.24, 2.45) is 5.92 Å². The number of halogens is 1. The Morgan fingerprint density at radius 1 is 1.19 bits per heavy atom. The van der Waals surface area contributed by atoms with E-state index in [1.807, 2.05) is 30.3 Å². The second-order valence-corrected chi connectivity index (χ2v) is 6.26. The number of amides is 2. The van der Waals surface area contributed by atoms with Gasteiger partial charge in [0, 0.05) is 17.2 Å². The van der Waals surface area contributed by atoms with Gasteiger partial charge in [-0.25, -0.2) is 9.69 Å². The molecule has 1 heterocycles. The first-order chi connectivity index (χ1) is 13.0. The Morgan fingerprint density at radius 2 is 1.89 bits per heavy atom. The molecule has 1 saturated heterocycles. The number of alkyl halides is 1. The standard InChI is InChI=1S/C20H18ClNO5/c1-26-18(12-6-4-3-5-7-12)17-14-9-8-13(20(25)27-2)10-15(14)22(19(17)24)16(23)11-21/h3-8,10,14H,9,11H2,1-2H3. The first-order valence-corrected chi connectivity index (χ1v) is 8.83. The summed E-state index contributed by atoms with van der Waals surface area (Å²) < 4.78 is 10.3. The van der Waals surface area contributed by atoms with E-state index < -0.39 is 23.7 Å². The first-order valence-electron chi connectivity index (χ1n) is 8.30. The lowest BCUT2D eigenvalue weighted by Crippen LogP contribution is -2.33. The van der Waals surface area contributed by atoms with Gasteiger partial charge in [-0.15, -0.1) is 11.6 Å². The highest BCUT2D eigenvalue weighted by Gasteiger charge is 2.46. The third-order valence-corrected chi connectivity index (χ3v) is 4.77. The third kappa shape index (κ3) is 3.28. The van der Waals surface area contributed by atoms with Crippen molar-refractivity contribution in [2.45, 2.75) is 6.42 Å². The second-order valence-electron chi connectivity index (χ2n) is 5.99. The lowest BCUT2D eigenvalue weighted by atomic mass is 9.88. The Hall–Kier alpha value is -2.86. The second kappa shape index (κ2) is 7.80. The van der Waals surface area contributed by atoms with Gasteiger partial charge in [-0.1, -0.05) is 36.4 Å². The van der Waals surface area contributed by atoms with Gasteiger partial charge >= 0.3 is 5.97 Å². The van der Waals surface area contributed by atoms with Crippen LogP contribution in [-0.4, -0.2) is 42.8 Å². The summed E-state index contributed by atoms with van der Waals surface area (Å²) >= 11 is 5.71. The minimum Gasteiger partial charge on any atom is -0.496 e. The number of benzene rings is 1. The molecular weight excluding hydrogens is 370 g/mol. The van der Waals surface area contributed by atoms with Gasteiger partial charge < -0.3 is 9.47 Å². The van der Waals surface area contributed by atoms with Crippen molar-refractivity contribution in [1.29, 1.82) is 0 Å². The van der Waals surface area contributed by atoms with E-state index in [-0.39, 0.29) is 5.88 Å². The topological polar surface area (TPSA) is 72.9 Å². The van der Waals surface area contributed by atoms with Crippen LogP contribution in [0.15, 0.2) is 59.3 Å². The number of fused-ring (bicyclic) bond motifs is 1. The van der Waals surface area contributed by atoms with Gasteiger partial charge in [0.1, 0.15) is 11.6 Å². The molecule has 7 heteroatoms. The maximum absolute atomic E-state index is 13.1. The highest BCUT2D eigenvalue weighted by atomic mass is 35.5. The van der Waals surface area contributed by atoms with Crippen molar-refractivity contribution in [3.05, 3.63) is 64.9 Å². The average molecular weight is 388 g/mol. The van der Waals surface area contributed by atoms with E-state index in [1.165, 1.54) is 20.3 Å². The number of ether oxygens (including phenoxy) is 2. The van der Waals surface area contributed by atoms with E-state index >= 15 is 0 Å². The molecule has 1 unspecified atom stereocenters. The van der Waals surface area contributed by atoms with Gasteiger partial charge in [0.05, 0.1) is 25.4 Å². The van der Waals surface area contributed by atoms with Crippen molar-refractivity contribution in [3.8, 4) is 0 Å². The highest BCUT2D eigenvalue weighted by Crippen LogP contribution is 2.43. The predicted octanol–water partition coefficient (Wildman–Crippen LogP) is 2.65. The fraction of sp³-hybridized carbons (Fsp3) is 0.250. The summed E-state index contributed by atoms with van der Waals surface area (Å²) in [5.41, 5.74) is 1.80. The Bertz CT molecular complexity index is 885. The lowest BCUT2D eigenvalue weighted by Gasteiger charge is -2.20. The van der Waals surface area contributed by atoms with Crippen molar-refractivity contribution in [1.82, 2.24) is 4.90 Å².